The zero-order valence-corrected chi connectivity index (χ0v) is 20.3. The molecule has 0 fully saturated rings. The van der Waals surface area contributed by atoms with Crippen molar-refractivity contribution in [3.05, 3.63) is 64.3 Å². The summed E-state index contributed by atoms with van der Waals surface area (Å²) in [6.07, 6.45) is 0.666. The van der Waals surface area contributed by atoms with E-state index in [2.05, 4.69) is 53.4 Å². The maximum atomic E-state index is 12.9. The molecule has 8 heteroatoms. The third-order valence-electron chi connectivity index (χ3n) is 5.22. The van der Waals surface area contributed by atoms with Crippen LogP contribution in [0.15, 0.2) is 47.5 Å². The molecule has 1 unspecified atom stereocenters. The number of aldehydes is 1. The Balaban J connectivity index is 1.69. The van der Waals surface area contributed by atoms with Gasteiger partial charge >= 0.3 is 0 Å². The van der Waals surface area contributed by atoms with Gasteiger partial charge in [0.25, 0.3) is 0 Å². The van der Waals surface area contributed by atoms with Crippen molar-refractivity contribution in [1.29, 1.82) is 0 Å². The second kappa shape index (κ2) is 9.33. The molecule has 6 nitrogen and oxygen atoms in total. The molecule has 1 atom stereocenters. The number of anilines is 1. The first kappa shape index (κ1) is 22.9. The Bertz CT molecular complexity index is 1360. The van der Waals surface area contributed by atoms with Crippen LogP contribution < -0.4 is 5.32 Å². The summed E-state index contributed by atoms with van der Waals surface area (Å²) in [7, 11) is 0. The number of carbonyl (C=O) groups is 2. The maximum absolute atomic E-state index is 12.9. The molecule has 1 amide bonds. The Labute approximate surface area is 200 Å². The minimum absolute atomic E-state index is 0.0958. The molecule has 0 aliphatic heterocycles. The highest BCUT2D eigenvalue weighted by Crippen LogP contribution is 2.42. The van der Waals surface area contributed by atoms with Crippen molar-refractivity contribution in [2.24, 2.45) is 0 Å². The molecule has 0 aliphatic rings. The molecule has 0 saturated carbocycles. The predicted molar refractivity (Wildman–Crippen MR) is 135 cm³/mol. The van der Waals surface area contributed by atoms with Gasteiger partial charge in [-0.1, -0.05) is 41.6 Å². The van der Waals surface area contributed by atoms with Crippen molar-refractivity contribution in [2.75, 3.05) is 5.32 Å². The first-order chi connectivity index (χ1) is 15.8. The SMILES string of the molecule is Cc1ccc(-c2c(C)sc3nc(C)nc(SC(C)C(=O)Nc4cc(C=O)ccc4O)c23)cc1. The van der Waals surface area contributed by atoms with Crippen LogP contribution in [-0.2, 0) is 4.79 Å². The molecule has 0 saturated heterocycles. The lowest BCUT2D eigenvalue weighted by Crippen LogP contribution is -2.22. The molecule has 2 heterocycles. The number of amides is 1. The van der Waals surface area contributed by atoms with Crippen LogP contribution in [0.2, 0.25) is 0 Å². The first-order valence-electron chi connectivity index (χ1n) is 10.4. The Morgan fingerprint density at radius 1 is 1.12 bits per heavy atom. The Hall–Kier alpha value is -3.23. The van der Waals surface area contributed by atoms with Crippen LogP contribution in [0.4, 0.5) is 5.69 Å². The number of nitrogens with zero attached hydrogens (tertiary/aromatic N) is 2. The second-order valence-electron chi connectivity index (χ2n) is 7.80. The number of carbonyl (C=O) groups excluding carboxylic acids is 2. The van der Waals surface area contributed by atoms with Gasteiger partial charge in [-0.15, -0.1) is 11.3 Å². The van der Waals surface area contributed by atoms with Gasteiger partial charge in [0, 0.05) is 16.0 Å². The average molecular weight is 478 g/mol. The van der Waals surface area contributed by atoms with Gasteiger partial charge in [-0.3, -0.25) is 9.59 Å². The van der Waals surface area contributed by atoms with E-state index >= 15 is 0 Å². The quantitative estimate of drug-likeness (QED) is 0.155. The van der Waals surface area contributed by atoms with E-state index in [1.807, 2.05) is 6.92 Å². The Morgan fingerprint density at radius 3 is 2.55 bits per heavy atom. The molecular formula is C25H23N3O3S2. The molecule has 33 heavy (non-hydrogen) atoms. The van der Waals surface area contributed by atoms with Crippen LogP contribution in [0.1, 0.15) is 33.5 Å². The zero-order valence-electron chi connectivity index (χ0n) is 18.7. The van der Waals surface area contributed by atoms with Crippen molar-refractivity contribution in [3.8, 4) is 16.9 Å². The number of thioether (sulfide) groups is 1. The largest absolute Gasteiger partial charge is 0.506 e. The third-order valence-corrected chi connectivity index (χ3v) is 7.30. The number of phenols is 1. The van der Waals surface area contributed by atoms with E-state index in [1.165, 1.54) is 35.5 Å². The zero-order chi connectivity index (χ0) is 23.7. The van der Waals surface area contributed by atoms with Gasteiger partial charge in [0.05, 0.1) is 16.3 Å². The van der Waals surface area contributed by atoms with E-state index in [1.54, 1.807) is 18.3 Å². The van der Waals surface area contributed by atoms with E-state index in [4.69, 9.17) is 0 Å². The van der Waals surface area contributed by atoms with Crippen molar-refractivity contribution in [3.63, 3.8) is 0 Å². The lowest BCUT2D eigenvalue weighted by Gasteiger charge is -2.14. The van der Waals surface area contributed by atoms with Gasteiger partial charge in [-0.2, -0.15) is 0 Å². The predicted octanol–water partition coefficient (Wildman–Crippen LogP) is 5.92. The molecule has 0 bridgehead atoms. The minimum Gasteiger partial charge on any atom is -0.506 e. The normalized spacial score (nSPS) is 12.0. The molecule has 2 aromatic carbocycles. The highest BCUT2D eigenvalue weighted by atomic mass is 32.2. The summed E-state index contributed by atoms with van der Waals surface area (Å²) in [4.78, 5) is 35.3. The van der Waals surface area contributed by atoms with Crippen molar-refractivity contribution in [1.82, 2.24) is 9.97 Å². The summed E-state index contributed by atoms with van der Waals surface area (Å²) in [5, 5.41) is 14.0. The summed E-state index contributed by atoms with van der Waals surface area (Å²) in [6.45, 7) is 7.76. The second-order valence-corrected chi connectivity index (χ2v) is 10.3. The van der Waals surface area contributed by atoms with Crippen LogP contribution >= 0.6 is 23.1 Å². The lowest BCUT2D eigenvalue weighted by atomic mass is 10.0. The summed E-state index contributed by atoms with van der Waals surface area (Å²) in [5.41, 5.74) is 3.93. The van der Waals surface area contributed by atoms with Crippen LogP contribution in [0.25, 0.3) is 21.3 Å². The lowest BCUT2D eigenvalue weighted by molar-refractivity contribution is -0.115. The monoisotopic (exact) mass is 477 g/mol. The number of nitrogens with one attached hydrogen (secondary N) is 1. The summed E-state index contributed by atoms with van der Waals surface area (Å²) in [5.74, 6) is 0.249. The smallest absolute Gasteiger partial charge is 0.237 e. The molecule has 4 rings (SSSR count). The first-order valence-corrected chi connectivity index (χ1v) is 12.1. The Morgan fingerprint density at radius 2 is 1.85 bits per heavy atom. The summed E-state index contributed by atoms with van der Waals surface area (Å²) in [6, 6.07) is 12.7. The van der Waals surface area contributed by atoms with E-state index < -0.39 is 5.25 Å². The topological polar surface area (TPSA) is 92.2 Å². The van der Waals surface area contributed by atoms with Gasteiger partial charge in [-0.05, 0) is 51.5 Å². The fraction of sp³-hybridized carbons (Fsp3) is 0.200. The van der Waals surface area contributed by atoms with E-state index in [9.17, 15) is 14.7 Å². The number of benzene rings is 2. The molecule has 2 aromatic heterocycles. The number of hydrogen-bond acceptors (Lipinski definition) is 7. The van der Waals surface area contributed by atoms with Crippen molar-refractivity contribution >= 4 is 51.2 Å². The number of aromatic nitrogens is 2. The number of aryl methyl sites for hydroxylation is 3. The number of thiophene rings is 1. The standard InChI is InChI=1S/C25H23N3O3S2/c1-13-5-8-18(9-6-13)21-14(2)32-24-22(21)25(27-16(4)26-24)33-15(3)23(31)28-19-11-17(12-29)7-10-20(19)30/h5-12,15,30H,1-4H3,(H,28,31). The summed E-state index contributed by atoms with van der Waals surface area (Å²) >= 11 is 2.97. The highest BCUT2D eigenvalue weighted by Gasteiger charge is 2.23. The molecule has 0 radical (unpaired) electrons. The maximum Gasteiger partial charge on any atom is 0.237 e. The van der Waals surface area contributed by atoms with Crippen LogP contribution in [0, 0.1) is 20.8 Å². The van der Waals surface area contributed by atoms with Crippen LogP contribution in [0.3, 0.4) is 0 Å². The molecule has 168 valence electrons. The number of phenolic OH excluding ortho intramolecular Hbond substituents is 1. The van der Waals surface area contributed by atoms with Crippen molar-refractivity contribution < 1.29 is 14.7 Å². The number of fused-ring (bicyclic) bond motifs is 1. The fourth-order valence-electron chi connectivity index (χ4n) is 3.52. The van der Waals surface area contributed by atoms with Gasteiger partial charge in [0.2, 0.25) is 5.91 Å². The van der Waals surface area contributed by atoms with Crippen molar-refractivity contribution in [2.45, 2.75) is 38.0 Å². The third kappa shape index (κ3) is 4.77. The minimum atomic E-state index is -0.507. The summed E-state index contributed by atoms with van der Waals surface area (Å²) < 4.78 is 0. The molecule has 4 aromatic rings. The number of rotatable bonds is 6. The van der Waals surface area contributed by atoms with Gasteiger partial charge < -0.3 is 10.4 Å². The molecule has 0 aliphatic carbocycles. The average Bonchev–Trinajstić information content (AvgIpc) is 3.11. The van der Waals surface area contributed by atoms with E-state index in [0.29, 0.717) is 17.7 Å². The van der Waals surface area contributed by atoms with Crippen LogP contribution in [-0.4, -0.2) is 32.5 Å². The van der Waals surface area contributed by atoms with Gasteiger partial charge in [0.1, 0.15) is 27.7 Å². The van der Waals surface area contributed by atoms with E-state index in [-0.39, 0.29) is 17.3 Å². The number of hydrogen-bond donors (Lipinski definition) is 2. The fourth-order valence-corrected chi connectivity index (χ4v) is 5.67. The molecule has 0 spiro atoms. The van der Waals surface area contributed by atoms with Crippen LogP contribution in [0.5, 0.6) is 5.75 Å². The Kier molecular flexibility index (Phi) is 6.49. The highest BCUT2D eigenvalue weighted by molar-refractivity contribution is 8.00. The van der Waals surface area contributed by atoms with Gasteiger partial charge in [0.15, 0.2) is 0 Å². The van der Waals surface area contributed by atoms with Gasteiger partial charge in [-0.25, -0.2) is 9.97 Å². The number of aromatic hydroxyl groups is 1. The molecular weight excluding hydrogens is 454 g/mol. The molecule has 2 N–H and O–H groups in total. The van der Waals surface area contributed by atoms with E-state index in [0.717, 1.165) is 31.2 Å².